The second-order valence-corrected chi connectivity index (χ2v) is 9.19. The van der Waals surface area contributed by atoms with Crippen molar-refractivity contribution in [1.82, 2.24) is 20.9 Å². The van der Waals surface area contributed by atoms with Gasteiger partial charge in [-0.2, -0.15) is 0 Å². The van der Waals surface area contributed by atoms with Crippen molar-refractivity contribution in [3.8, 4) is 0 Å². The van der Waals surface area contributed by atoms with E-state index in [4.69, 9.17) is 10.0 Å². The van der Waals surface area contributed by atoms with Gasteiger partial charge >= 0.3 is 7.12 Å². The normalized spacial score (nSPS) is 11.3. The largest absolute Gasteiger partial charge is 0.488 e. The van der Waals surface area contributed by atoms with Crippen LogP contribution < -0.4 is 21.4 Å². The molecule has 0 aliphatic heterocycles. The summed E-state index contributed by atoms with van der Waals surface area (Å²) in [6, 6.07) is 7.59. The number of rotatable bonds is 17. The lowest BCUT2D eigenvalue weighted by molar-refractivity contribution is -0.123. The number of unbranched alkanes of at least 4 members (excludes halogenated alkanes) is 1. The molecule has 0 heterocycles. The molecule has 5 N–H and O–H groups in total. The van der Waals surface area contributed by atoms with Crippen LogP contribution in [0, 0.1) is 5.92 Å². The molecule has 1 aromatic carbocycles. The first kappa shape index (κ1) is 29.1. The van der Waals surface area contributed by atoms with E-state index in [2.05, 4.69) is 48.5 Å². The molecule has 0 atom stereocenters. The first-order valence-electron chi connectivity index (χ1n) is 12.1. The molecular weight excluding hydrogens is 419 g/mol. The number of nitrogens with one attached hydrogen (secondary N) is 3. The maximum absolute atomic E-state index is 12.1. The molecule has 0 aliphatic carbocycles. The molecule has 0 radical (unpaired) electrons. The zero-order chi connectivity index (χ0) is 24.6. The van der Waals surface area contributed by atoms with Gasteiger partial charge in [0.05, 0.1) is 6.67 Å². The van der Waals surface area contributed by atoms with Crippen LogP contribution >= 0.6 is 0 Å². The Bertz CT molecular complexity index is 684. The molecule has 0 unspecified atom stereocenters. The van der Waals surface area contributed by atoms with Crippen molar-refractivity contribution in [2.45, 2.75) is 72.4 Å². The number of amides is 2. The van der Waals surface area contributed by atoms with Gasteiger partial charge in [-0.15, -0.1) is 0 Å². The van der Waals surface area contributed by atoms with Crippen LogP contribution in [-0.2, 0) is 16.1 Å². The van der Waals surface area contributed by atoms with Gasteiger partial charge in [0, 0.05) is 32.0 Å². The fourth-order valence-corrected chi connectivity index (χ4v) is 3.32. The number of benzene rings is 1. The predicted octanol–water partition coefficient (Wildman–Crippen LogP) is 0.963. The van der Waals surface area contributed by atoms with Crippen molar-refractivity contribution in [2.24, 2.45) is 5.92 Å². The quantitative estimate of drug-likeness (QED) is 0.134. The minimum Gasteiger partial charge on any atom is -0.423 e. The fraction of sp³-hybridized carbons (Fsp3) is 0.667. The summed E-state index contributed by atoms with van der Waals surface area (Å²) in [4.78, 5) is 26.1. The lowest BCUT2D eigenvalue weighted by atomic mass is 9.80. The number of carbonyl (C=O) groups excluding carboxylic acids is 2. The van der Waals surface area contributed by atoms with Gasteiger partial charge in [0.25, 0.3) is 0 Å². The number of nitrogens with zero attached hydrogens (tertiary/aromatic N) is 1. The Morgan fingerprint density at radius 1 is 0.939 bits per heavy atom. The van der Waals surface area contributed by atoms with Crippen molar-refractivity contribution >= 4 is 24.4 Å². The molecule has 2 amide bonds. The maximum Gasteiger partial charge on any atom is 0.488 e. The van der Waals surface area contributed by atoms with Gasteiger partial charge in [-0.3, -0.25) is 9.59 Å². The van der Waals surface area contributed by atoms with Crippen molar-refractivity contribution in [1.29, 1.82) is 0 Å². The molecule has 0 saturated carbocycles. The molecule has 0 spiro atoms. The zero-order valence-corrected chi connectivity index (χ0v) is 20.8. The van der Waals surface area contributed by atoms with Gasteiger partial charge in [-0.25, -0.2) is 0 Å². The summed E-state index contributed by atoms with van der Waals surface area (Å²) in [6.07, 6.45) is 3.82. The third-order valence-electron chi connectivity index (χ3n) is 5.53. The Balaban J connectivity index is 2.16. The molecule has 186 valence electrons. The second kappa shape index (κ2) is 16.6. The summed E-state index contributed by atoms with van der Waals surface area (Å²) in [5.74, 6) is 0.414. The highest BCUT2D eigenvalue weighted by molar-refractivity contribution is 6.58. The van der Waals surface area contributed by atoms with Crippen LogP contribution in [-0.4, -0.2) is 66.2 Å². The zero-order valence-electron chi connectivity index (χ0n) is 20.8. The molecular formula is C24H43BN4O4. The van der Waals surface area contributed by atoms with Crippen LogP contribution in [0.4, 0.5) is 0 Å². The van der Waals surface area contributed by atoms with Crippen LogP contribution in [0.2, 0.25) is 0 Å². The van der Waals surface area contributed by atoms with E-state index in [0.29, 0.717) is 36.8 Å². The van der Waals surface area contributed by atoms with E-state index in [1.165, 1.54) is 0 Å². The van der Waals surface area contributed by atoms with Crippen molar-refractivity contribution in [2.75, 3.05) is 26.3 Å². The topological polar surface area (TPSA) is 114 Å². The van der Waals surface area contributed by atoms with E-state index in [1.807, 2.05) is 12.1 Å². The first-order valence-corrected chi connectivity index (χ1v) is 12.1. The minimum atomic E-state index is -1.43. The lowest BCUT2D eigenvalue weighted by Gasteiger charge is -2.26. The molecule has 33 heavy (non-hydrogen) atoms. The van der Waals surface area contributed by atoms with Crippen LogP contribution in [0.1, 0.15) is 65.4 Å². The highest BCUT2D eigenvalue weighted by Gasteiger charge is 2.12. The highest BCUT2D eigenvalue weighted by Crippen LogP contribution is 2.04. The van der Waals surface area contributed by atoms with Crippen LogP contribution in [0.15, 0.2) is 24.3 Å². The van der Waals surface area contributed by atoms with Gasteiger partial charge in [-0.1, -0.05) is 38.1 Å². The van der Waals surface area contributed by atoms with Crippen molar-refractivity contribution < 1.29 is 19.6 Å². The minimum absolute atomic E-state index is 0.0256. The average molecular weight is 462 g/mol. The molecule has 0 fully saturated rings. The van der Waals surface area contributed by atoms with Crippen LogP contribution in [0.5, 0.6) is 0 Å². The third kappa shape index (κ3) is 14.0. The average Bonchev–Trinajstić information content (AvgIpc) is 2.76. The number of hydrogen-bond donors (Lipinski definition) is 5. The van der Waals surface area contributed by atoms with Crippen molar-refractivity contribution in [3.05, 3.63) is 29.8 Å². The van der Waals surface area contributed by atoms with E-state index in [-0.39, 0.29) is 18.5 Å². The van der Waals surface area contributed by atoms with Gasteiger partial charge in [0.1, 0.15) is 0 Å². The molecule has 1 aromatic rings. The van der Waals surface area contributed by atoms with E-state index < -0.39 is 7.12 Å². The first-order chi connectivity index (χ1) is 15.7. The van der Waals surface area contributed by atoms with E-state index in [9.17, 15) is 9.59 Å². The molecule has 1 rings (SSSR count). The molecule has 0 aromatic heterocycles. The Kier molecular flexibility index (Phi) is 14.7. The smallest absolute Gasteiger partial charge is 0.423 e. The van der Waals surface area contributed by atoms with Gasteiger partial charge in [0.2, 0.25) is 11.8 Å². The van der Waals surface area contributed by atoms with E-state index in [0.717, 1.165) is 44.5 Å². The van der Waals surface area contributed by atoms with Gasteiger partial charge in [0.15, 0.2) is 0 Å². The van der Waals surface area contributed by atoms with E-state index in [1.54, 1.807) is 12.1 Å². The Hall–Kier alpha value is -1.94. The van der Waals surface area contributed by atoms with Crippen molar-refractivity contribution in [3.63, 3.8) is 0 Å². The predicted molar refractivity (Wildman–Crippen MR) is 134 cm³/mol. The Morgan fingerprint density at radius 3 is 2.15 bits per heavy atom. The number of hydrogen-bond acceptors (Lipinski definition) is 6. The monoisotopic (exact) mass is 462 g/mol. The Labute approximate surface area is 199 Å². The molecule has 0 bridgehead atoms. The summed E-state index contributed by atoms with van der Waals surface area (Å²) in [5.41, 5.74) is 1.60. The summed E-state index contributed by atoms with van der Waals surface area (Å²) < 4.78 is 0. The Morgan fingerprint density at radius 2 is 1.58 bits per heavy atom. The van der Waals surface area contributed by atoms with E-state index >= 15 is 0 Å². The third-order valence-corrected chi connectivity index (χ3v) is 5.53. The fourth-order valence-electron chi connectivity index (χ4n) is 3.32. The van der Waals surface area contributed by atoms with Crippen LogP contribution in [0.25, 0.3) is 0 Å². The van der Waals surface area contributed by atoms with Crippen LogP contribution in [0.3, 0.4) is 0 Å². The van der Waals surface area contributed by atoms with Gasteiger partial charge in [-0.05, 0) is 63.1 Å². The maximum atomic E-state index is 12.1. The second-order valence-electron chi connectivity index (χ2n) is 9.19. The summed E-state index contributed by atoms with van der Waals surface area (Å²) >= 11 is 0. The summed E-state index contributed by atoms with van der Waals surface area (Å²) in [7, 11) is -1.43. The summed E-state index contributed by atoms with van der Waals surface area (Å²) in [5, 5.41) is 27.2. The standard InChI is InChI=1S/C24H43BN4O4/c1-19(2)7-12-23(30)27-18-28-24(31)13-16-29(20(3)4)15-6-5-14-26-17-21-8-10-22(11-9-21)25(32)33/h8-11,19-20,26,32-33H,5-7,12-18H2,1-4H3,(H,27,30)(H,28,31). The lowest BCUT2D eigenvalue weighted by Crippen LogP contribution is -2.40. The molecule has 0 aliphatic rings. The molecule has 8 nitrogen and oxygen atoms in total. The van der Waals surface area contributed by atoms with Gasteiger partial charge < -0.3 is 30.9 Å². The molecule has 9 heteroatoms. The summed E-state index contributed by atoms with van der Waals surface area (Å²) in [6.45, 7) is 11.9. The SMILES string of the molecule is CC(C)CCC(=O)NCNC(=O)CCN(CCCCNCc1ccc(B(O)O)cc1)C(C)C. The number of carbonyl (C=O) groups is 2. The molecule has 0 saturated heterocycles. The highest BCUT2D eigenvalue weighted by atomic mass is 16.4.